The lowest BCUT2D eigenvalue weighted by Gasteiger charge is -2.28. The molecule has 1 amide bonds. The number of hydrogen-bond donors (Lipinski definition) is 2. The minimum Gasteiger partial charge on any atom is -0.493 e. The number of fused-ring (bicyclic) bond motifs is 1. The van der Waals surface area contributed by atoms with Crippen LogP contribution in [-0.2, 0) is 11.2 Å². The second kappa shape index (κ2) is 11.7. The summed E-state index contributed by atoms with van der Waals surface area (Å²) in [5, 5.41) is 18.2. The number of tetrazole rings is 1. The third-order valence-electron chi connectivity index (χ3n) is 6.39. The SMILES string of the molecule is CCOc1ccccc1NC(=O)C1=C(C)Nc2nnnn2C1c1ccc(OCCc2ccccc2)c(OC)c1. The zero-order valence-corrected chi connectivity index (χ0v) is 22.0. The molecule has 5 rings (SSSR count). The van der Waals surface area contributed by atoms with Crippen LogP contribution in [0.25, 0.3) is 0 Å². The van der Waals surface area contributed by atoms with Gasteiger partial charge in [-0.25, -0.2) is 0 Å². The van der Waals surface area contributed by atoms with E-state index in [-0.39, 0.29) is 5.91 Å². The van der Waals surface area contributed by atoms with E-state index in [4.69, 9.17) is 14.2 Å². The monoisotopic (exact) mass is 526 g/mol. The van der Waals surface area contributed by atoms with Gasteiger partial charge in [0.25, 0.3) is 5.91 Å². The van der Waals surface area contributed by atoms with Crippen LogP contribution in [0.15, 0.2) is 84.1 Å². The quantitative estimate of drug-likeness (QED) is 0.308. The summed E-state index contributed by atoms with van der Waals surface area (Å²) in [6, 6.07) is 22.5. The van der Waals surface area contributed by atoms with Gasteiger partial charge in [0, 0.05) is 12.1 Å². The van der Waals surface area contributed by atoms with Crippen LogP contribution in [0, 0.1) is 0 Å². The molecule has 0 fully saturated rings. The first-order chi connectivity index (χ1) is 19.1. The summed E-state index contributed by atoms with van der Waals surface area (Å²) in [4.78, 5) is 13.7. The van der Waals surface area contributed by atoms with Crippen molar-refractivity contribution in [1.29, 1.82) is 0 Å². The Morgan fingerprint density at radius 2 is 1.79 bits per heavy atom. The third kappa shape index (κ3) is 5.54. The largest absolute Gasteiger partial charge is 0.493 e. The van der Waals surface area contributed by atoms with Gasteiger partial charge in [-0.3, -0.25) is 4.79 Å². The first kappa shape index (κ1) is 25.8. The first-order valence-electron chi connectivity index (χ1n) is 12.7. The molecule has 0 spiro atoms. The van der Waals surface area contributed by atoms with E-state index >= 15 is 0 Å². The van der Waals surface area contributed by atoms with Gasteiger partial charge in [-0.1, -0.05) is 53.6 Å². The molecule has 1 aliphatic rings. The van der Waals surface area contributed by atoms with Crippen molar-refractivity contribution in [1.82, 2.24) is 20.2 Å². The summed E-state index contributed by atoms with van der Waals surface area (Å²) in [5.74, 6) is 1.88. The van der Waals surface area contributed by atoms with Crippen LogP contribution in [0.4, 0.5) is 11.6 Å². The van der Waals surface area contributed by atoms with E-state index in [1.165, 1.54) is 5.56 Å². The van der Waals surface area contributed by atoms with Crippen molar-refractivity contribution in [3.05, 3.63) is 95.2 Å². The number of para-hydroxylation sites is 2. The number of methoxy groups -OCH3 is 1. The third-order valence-corrected chi connectivity index (χ3v) is 6.39. The fourth-order valence-electron chi connectivity index (χ4n) is 4.55. The Kier molecular flexibility index (Phi) is 7.72. The Bertz CT molecular complexity index is 1480. The Morgan fingerprint density at radius 3 is 2.59 bits per heavy atom. The highest BCUT2D eigenvalue weighted by Gasteiger charge is 2.35. The Hall–Kier alpha value is -4.86. The lowest BCUT2D eigenvalue weighted by atomic mass is 9.94. The van der Waals surface area contributed by atoms with Gasteiger partial charge in [-0.2, -0.15) is 4.68 Å². The highest BCUT2D eigenvalue weighted by atomic mass is 16.5. The van der Waals surface area contributed by atoms with Crippen LogP contribution < -0.4 is 24.8 Å². The molecule has 1 aliphatic heterocycles. The normalized spacial score (nSPS) is 14.3. The molecular formula is C29H30N6O4. The van der Waals surface area contributed by atoms with E-state index in [0.29, 0.717) is 53.4 Å². The average molecular weight is 527 g/mol. The Morgan fingerprint density at radius 1 is 1.00 bits per heavy atom. The van der Waals surface area contributed by atoms with Crippen molar-refractivity contribution in [3.63, 3.8) is 0 Å². The molecule has 0 aliphatic carbocycles. The van der Waals surface area contributed by atoms with Crippen LogP contribution in [0.2, 0.25) is 0 Å². The molecule has 0 bridgehead atoms. The van der Waals surface area contributed by atoms with Crippen molar-refractivity contribution in [2.75, 3.05) is 31.0 Å². The second-order valence-electron chi connectivity index (χ2n) is 8.89. The number of nitrogens with one attached hydrogen (secondary N) is 2. The maximum atomic E-state index is 13.7. The predicted molar refractivity (Wildman–Crippen MR) is 147 cm³/mol. The number of nitrogens with zero attached hydrogens (tertiary/aromatic N) is 4. The molecule has 0 radical (unpaired) electrons. The van der Waals surface area contributed by atoms with E-state index < -0.39 is 6.04 Å². The molecule has 1 unspecified atom stereocenters. The standard InChI is InChI=1S/C29H30N6O4/c1-4-38-23-13-9-8-12-22(23)31-28(36)26-19(2)30-29-32-33-34-35(29)27(26)21-14-15-24(25(18-21)37-3)39-17-16-20-10-6-5-7-11-20/h5-15,18,27H,4,16-17H2,1-3H3,(H,31,36)(H,30,32,34). The molecule has 2 N–H and O–H groups in total. The Labute approximate surface area is 226 Å². The number of anilines is 2. The minimum atomic E-state index is -0.609. The van der Waals surface area contributed by atoms with Gasteiger partial charge < -0.3 is 24.8 Å². The van der Waals surface area contributed by atoms with Gasteiger partial charge in [0.05, 0.1) is 31.6 Å². The van der Waals surface area contributed by atoms with E-state index in [0.717, 1.165) is 12.0 Å². The minimum absolute atomic E-state index is 0.305. The van der Waals surface area contributed by atoms with Crippen molar-refractivity contribution in [2.45, 2.75) is 26.3 Å². The van der Waals surface area contributed by atoms with Gasteiger partial charge >= 0.3 is 0 Å². The molecule has 0 saturated carbocycles. The zero-order chi connectivity index (χ0) is 27.2. The summed E-state index contributed by atoms with van der Waals surface area (Å²) >= 11 is 0. The highest BCUT2D eigenvalue weighted by Crippen LogP contribution is 2.39. The van der Waals surface area contributed by atoms with Gasteiger partial charge in [0.15, 0.2) is 11.5 Å². The fourth-order valence-corrected chi connectivity index (χ4v) is 4.55. The van der Waals surface area contributed by atoms with Crippen LogP contribution >= 0.6 is 0 Å². The maximum Gasteiger partial charge on any atom is 0.255 e. The van der Waals surface area contributed by atoms with Crippen LogP contribution in [0.3, 0.4) is 0 Å². The van der Waals surface area contributed by atoms with Crippen molar-refractivity contribution in [3.8, 4) is 17.2 Å². The number of carbonyl (C=O) groups excluding carboxylic acids is 1. The zero-order valence-electron chi connectivity index (χ0n) is 22.0. The van der Waals surface area contributed by atoms with E-state index in [1.54, 1.807) is 17.9 Å². The molecule has 0 saturated heterocycles. The molecule has 2 heterocycles. The molecule has 1 atom stereocenters. The highest BCUT2D eigenvalue weighted by molar-refractivity contribution is 6.06. The van der Waals surface area contributed by atoms with Crippen LogP contribution in [0.5, 0.6) is 17.2 Å². The number of rotatable bonds is 10. The molecule has 3 aromatic carbocycles. The van der Waals surface area contributed by atoms with Crippen LogP contribution in [-0.4, -0.2) is 46.4 Å². The van der Waals surface area contributed by atoms with Crippen molar-refractivity contribution >= 4 is 17.5 Å². The van der Waals surface area contributed by atoms with Crippen LogP contribution in [0.1, 0.15) is 31.0 Å². The van der Waals surface area contributed by atoms with Gasteiger partial charge in [0.1, 0.15) is 11.8 Å². The maximum absolute atomic E-state index is 13.7. The number of carbonyl (C=O) groups is 1. The summed E-state index contributed by atoms with van der Waals surface area (Å²) in [7, 11) is 1.59. The summed E-state index contributed by atoms with van der Waals surface area (Å²) in [6.45, 7) is 4.70. The summed E-state index contributed by atoms with van der Waals surface area (Å²) in [5.41, 5.74) is 3.62. The lowest BCUT2D eigenvalue weighted by molar-refractivity contribution is -0.113. The summed E-state index contributed by atoms with van der Waals surface area (Å²) in [6.07, 6.45) is 0.767. The summed E-state index contributed by atoms with van der Waals surface area (Å²) < 4.78 is 19.0. The Balaban J connectivity index is 1.44. The van der Waals surface area contributed by atoms with Crippen molar-refractivity contribution < 1.29 is 19.0 Å². The molecule has 4 aromatic rings. The van der Waals surface area contributed by atoms with Crippen molar-refractivity contribution in [2.24, 2.45) is 0 Å². The van der Waals surface area contributed by atoms with E-state index in [9.17, 15) is 4.79 Å². The fraction of sp³-hybridized carbons (Fsp3) is 0.241. The number of amides is 1. The molecule has 10 heteroatoms. The average Bonchev–Trinajstić information content (AvgIpc) is 3.42. The van der Waals surface area contributed by atoms with Gasteiger partial charge in [-0.15, -0.1) is 0 Å². The van der Waals surface area contributed by atoms with E-state index in [2.05, 4.69) is 38.3 Å². The lowest BCUT2D eigenvalue weighted by Crippen LogP contribution is -2.31. The second-order valence-corrected chi connectivity index (χ2v) is 8.89. The smallest absolute Gasteiger partial charge is 0.255 e. The molecule has 1 aromatic heterocycles. The van der Waals surface area contributed by atoms with Gasteiger partial charge in [0.2, 0.25) is 5.95 Å². The molecule has 10 nitrogen and oxygen atoms in total. The number of aromatic nitrogens is 4. The number of allylic oxidation sites excluding steroid dienone is 1. The molecular weight excluding hydrogens is 496 g/mol. The number of ether oxygens (including phenoxy) is 3. The number of benzene rings is 3. The molecule has 39 heavy (non-hydrogen) atoms. The topological polar surface area (TPSA) is 112 Å². The van der Waals surface area contributed by atoms with Gasteiger partial charge in [-0.05, 0) is 59.7 Å². The number of hydrogen-bond acceptors (Lipinski definition) is 8. The predicted octanol–water partition coefficient (Wildman–Crippen LogP) is 4.63. The van der Waals surface area contributed by atoms with E-state index in [1.807, 2.05) is 68.4 Å². The first-order valence-corrected chi connectivity index (χ1v) is 12.7. The molecule has 200 valence electrons.